The molecule has 2 aliphatic rings. The fourth-order valence-corrected chi connectivity index (χ4v) is 3.49. The summed E-state index contributed by atoms with van der Waals surface area (Å²) in [7, 11) is 0. The third-order valence-electron chi connectivity index (χ3n) is 3.66. The molecule has 0 spiro atoms. The van der Waals surface area contributed by atoms with Crippen molar-refractivity contribution in [3.8, 4) is 0 Å². The molecule has 17 heavy (non-hydrogen) atoms. The summed E-state index contributed by atoms with van der Waals surface area (Å²) >= 11 is 1.93. The Balaban J connectivity index is 1.47. The molecule has 2 fully saturated rings. The Labute approximate surface area is 108 Å². The summed E-state index contributed by atoms with van der Waals surface area (Å²) in [6, 6.07) is 0.470. The third kappa shape index (κ3) is 4.88. The molecule has 2 N–H and O–H groups in total. The molecule has 0 aromatic rings. The first-order valence-corrected chi connectivity index (χ1v) is 8.08. The number of rotatable bonds is 6. The second-order valence-electron chi connectivity index (χ2n) is 5.25. The molecule has 0 atom stereocenters. The van der Waals surface area contributed by atoms with Crippen LogP contribution in [-0.2, 0) is 4.79 Å². The largest absolute Gasteiger partial charge is 0.353 e. The van der Waals surface area contributed by atoms with E-state index in [0.717, 1.165) is 11.7 Å². The van der Waals surface area contributed by atoms with E-state index in [1.807, 2.05) is 11.8 Å². The number of thioether (sulfide) groups is 1. The van der Waals surface area contributed by atoms with Crippen molar-refractivity contribution in [2.75, 3.05) is 24.6 Å². The van der Waals surface area contributed by atoms with Crippen molar-refractivity contribution in [2.24, 2.45) is 5.92 Å². The van der Waals surface area contributed by atoms with Crippen LogP contribution in [0, 0.1) is 5.92 Å². The van der Waals surface area contributed by atoms with E-state index < -0.39 is 0 Å². The van der Waals surface area contributed by atoms with Gasteiger partial charge in [-0.2, -0.15) is 11.8 Å². The van der Waals surface area contributed by atoms with E-state index in [-0.39, 0.29) is 5.91 Å². The molecule has 98 valence electrons. The van der Waals surface area contributed by atoms with E-state index in [9.17, 15) is 4.79 Å². The number of nitrogens with one attached hydrogen (secondary N) is 2. The first-order valence-electron chi connectivity index (χ1n) is 6.92. The van der Waals surface area contributed by atoms with E-state index in [0.29, 0.717) is 12.5 Å². The van der Waals surface area contributed by atoms with Crippen molar-refractivity contribution >= 4 is 17.7 Å². The van der Waals surface area contributed by atoms with Gasteiger partial charge in [-0.3, -0.25) is 4.79 Å². The Hall–Kier alpha value is -0.220. The van der Waals surface area contributed by atoms with Crippen LogP contribution in [0.3, 0.4) is 0 Å². The van der Waals surface area contributed by atoms with Gasteiger partial charge in [0.25, 0.3) is 0 Å². The highest BCUT2D eigenvalue weighted by atomic mass is 32.2. The van der Waals surface area contributed by atoms with Crippen molar-refractivity contribution < 1.29 is 4.79 Å². The third-order valence-corrected chi connectivity index (χ3v) is 4.86. The lowest BCUT2D eigenvalue weighted by Crippen LogP contribution is -2.43. The maximum atomic E-state index is 11.7. The van der Waals surface area contributed by atoms with E-state index in [1.54, 1.807) is 0 Å². The topological polar surface area (TPSA) is 41.1 Å². The van der Waals surface area contributed by atoms with Gasteiger partial charge in [0.05, 0.1) is 0 Å². The number of carbonyl (C=O) groups excluding carboxylic acids is 1. The van der Waals surface area contributed by atoms with Gasteiger partial charge in [0, 0.05) is 18.2 Å². The van der Waals surface area contributed by atoms with E-state index >= 15 is 0 Å². The number of hydrogen-bond acceptors (Lipinski definition) is 3. The summed E-state index contributed by atoms with van der Waals surface area (Å²) in [5.41, 5.74) is 0. The van der Waals surface area contributed by atoms with Gasteiger partial charge in [0.2, 0.25) is 5.91 Å². The number of hydrogen-bond donors (Lipinski definition) is 2. The molecular formula is C13H24N2OS. The maximum absolute atomic E-state index is 11.7. The van der Waals surface area contributed by atoms with Gasteiger partial charge in [-0.05, 0) is 37.6 Å². The quantitative estimate of drug-likeness (QED) is 0.712. The molecule has 0 aromatic carbocycles. The average Bonchev–Trinajstić information content (AvgIpc) is 2.27. The molecule has 1 saturated carbocycles. The zero-order valence-electron chi connectivity index (χ0n) is 10.5. The Morgan fingerprint density at radius 2 is 2.00 bits per heavy atom. The molecular weight excluding hydrogens is 232 g/mol. The van der Waals surface area contributed by atoms with Crippen molar-refractivity contribution in [3.05, 3.63) is 0 Å². The number of amides is 1. The Morgan fingerprint density at radius 3 is 2.65 bits per heavy atom. The predicted octanol–water partition coefficient (Wildman–Crippen LogP) is 1.78. The highest BCUT2D eigenvalue weighted by molar-refractivity contribution is 7.99. The highest BCUT2D eigenvalue weighted by Crippen LogP contribution is 2.18. The maximum Gasteiger partial charge on any atom is 0.221 e. The first-order chi connectivity index (χ1) is 8.34. The fraction of sp³-hybridized carbons (Fsp3) is 0.923. The zero-order valence-corrected chi connectivity index (χ0v) is 11.4. The summed E-state index contributed by atoms with van der Waals surface area (Å²) in [5.74, 6) is 3.30. The van der Waals surface area contributed by atoms with E-state index in [2.05, 4.69) is 10.6 Å². The van der Waals surface area contributed by atoms with Gasteiger partial charge >= 0.3 is 0 Å². The summed E-state index contributed by atoms with van der Waals surface area (Å²) in [6.45, 7) is 2.34. The van der Waals surface area contributed by atoms with Crippen molar-refractivity contribution in [2.45, 2.75) is 44.6 Å². The van der Waals surface area contributed by atoms with Gasteiger partial charge in [0.15, 0.2) is 0 Å². The van der Waals surface area contributed by atoms with Crippen LogP contribution >= 0.6 is 11.8 Å². The summed E-state index contributed by atoms with van der Waals surface area (Å²) in [6.07, 6.45) is 6.99. The van der Waals surface area contributed by atoms with Crippen LogP contribution in [-0.4, -0.2) is 36.5 Å². The smallest absolute Gasteiger partial charge is 0.221 e. The van der Waals surface area contributed by atoms with E-state index in [1.165, 1.54) is 50.9 Å². The highest BCUT2D eigenvalue weighted by Gasteiger charge is 2.17. The molecule has 0 radical (unpaired) electrons. The molecule has 0 unspecified atom stereocenters. The first kappa shape index (κ1) is 13.2. The monoisotopic (exact) mass is 256 g/mol. The molecule has 1 amide bonds. The lowest BCUT2D eigenvalue weighted by molar-refractivity contribution is -0.121. The van der Waals surface area contributed by atoms with Gasteiger partial charge in [0.1, 0.15) is 0 Å². The van der Waals surface area contributed by atoms with Gasteiger partial charge in [-0.15, -0.1) is 0 Å². The van der Waals surface area contributed by atoms with Crippen molar-refractivity contribution in [1.82, 2.24) is 10.6 Å². The minimum Gasteiger partial charge on any atom is -0.353 e. The van der Waals surface area contributed by atoms with Crippen LogP contribution in [0.25, 0.3) is 0 Å². The molecule has 0 aromatic heterocycles. The Morgan fingerprint density at radius 1 is 1.24 bits per heavy atom. The number of carbonyl (C=O) groups is 1. The standard InChI is InChI=1S/C13H24N2OS/c16-13(15-12-4-2-1-3-5-12)6-7-17-10-11-8-14-9-11/h11-12,14H,1-10H2,(H,15,16). The van der Waals surface area contributed by atoms with Gasteiger partial charge in [-0.1, -0.05) is 19.3 Å². The molecule has 4 heteroatoms. The summed E-state index contributed by atoms with van der Waals surface area (Å²) < 4.78 is 0. The lowest BCUT2D eigenvalue weighted by atomic mass is 9.95. The SMILES string of the molecule is O=C(CCSCC1CNC1)NC1CCCCC1. The summed E-state index contributed by atoms with van der Waals surface area (Å²) in [4.78, 5) is 11.7. The molecule has 3 nitrogen and oxygen atoms in total. The fourth-order valence-electron chi connectivity index (χ4n) is 2.43. The second-order valence-corrected chi connectivity index (χ2v) is 6.40. The van der Waals surface area contributed by atoms with Crippen LogP contribution in [0.5, 0.6) is 0 Å². The van der Waals surface area contributed by atoms with Gasteiger partial charge < -0.3 is 10.6 Å². The lowest BCUT2D eigenvalue weighted by Gasteiger charge is -2.26. The predicted molar refractivity (Wildman–Crippen MR) is 73.3 cm³/mol. The van der Waals surface area contributed by atoms with Crippen LogP contribution in [0.15, 0.2) is 0 Å². The Kier molecular flexibility index (Phi) is 5.65. The minimum absolute atomic E-state index is 0.260. The van der Waals surface area contributed by atoms with Gasteiger partial charge in [-0.25, -0.2) is 0 Å². The molecule has 1 heterocycles. The minimum atomic E-state index is 0.260. The van der Waals surface area contributed by atoms with Crippen molar-refractivity contribution in [1.29, 1.82) is 0 Å². The van der Waals surface area contributed by atoms with Crippen LogP contribution < -0.4 is 10.6 Å². The second kappa shape index (κ2) is 7.27. The molecule has 1 aliphatic carbocycles. The van der Waals surface area contributed by atoms with Crippen LogP contribution in [0.4, 0.5) is 0 Å². The Bertz CT molecular complexity index is 238. The van der Waals surface area contributed by atoms with E-state index in [4.69, 9.17) is 0 Å². The molecule has 1 aliphatic heterocycles. The molecule has 1 saturated heterocycles. The normalized spacial score (nSPS) is 22.1. The van der Waals surface area contributed by atoms with Crippen LogP contribution in [0.1, 0.15) is 38.5 Å². The molecule has 2 rings (SSSR count). The summed E-state index contributed by atoms with van der Waals surface area (Å²) in [5, 5.41) is 6.44. The van der Waals surface area contributed by atoms with Crippen LogP contribution in [0.2, 0.25) is 0 Å². The molecule has 0 bridgehead atoms. The average molecular weight is 256 g/mol. The zero-order chi connectivity index (χ0) is 11.9. The van der Waals surface area contributed by atoms with Crippen molar-refractivity contribution in [3.63, 3.8) is 0 Å².